The molecule has 3 rings (SSSR count). The van der Waals surface area contributed by atoms with Crippen LogP contribution in [0.25, 0.3) is 0 Å². The summed E-state index contributed by atoms with van der Waals surface area (Å²) in [5, 5.41) is 4.51. The molecule has 0 saturated heterocycles. The van der Waals surface area contributed by atoms with Crippen molar-refractivity contribution in [2.24, 2.45) is 0 Å². The van der Waals surface area contributed by atoms with Crippen molar-refractivity contribution in [3.8, 4) is 0 Å². The van der Waals surface area contributed by atoms with E-state index in [2.05, 4.69) is 48.6 Å². The molecule has 2 heteroatoms. The summed E-state index contributed by atoms with van der Waals surface area (Å²) in [5.41, 5.74) is 2.74. The van der Waals surface area contributed by atoms with Crippen LogP contribution in [-0.4, -0.2) is 6.04 Å². The van der Waals surface area contributed by atoms with Gasteiger partial charge in [-0.2, -0.15) is 0 Å². The van der Waals surface area contributed by atoms with Crippen molar-refractivity contribution in [3.05, 3.63) is 70.7 Å². The first-order valence-electron chi connectivity index (χ1n) is 7.29. The van der Waals surface area contributed by atoms with E-state index < -0.39 is 0 Å². The predicted molar refractivity (Wildman–Crippen MR) is 85.2 cm³/mol. The molecular formula is C18H20ClN. The fraction of sp³-hybridized carbons (Fsp3) is 0.333. The zero-order valence-corrected chi connectivity index (χ0v) is 12.5. The second kappa shape index (κ2) is 5.99. The molecule has 0 heterocycles. The number of halogens is 1. The molecule has 0 unspecified atom stereocenters. The van der Waals surface area contributed by atoms with Gasteiger partial charge in [0.2, 0.25) is 0 Å². The Morgan fingerprint density at radius 1 is 1.05 bits per heavy atom. The average Bonchev–Trinajstić information content (AvgIpc) is 2.43. The molecule has 0 spiro atoms. The first-order chi connectivity index (χ1) is 9.72. The Kier molecular flexibility index (Phi) is 4.09. The summed E-state index contributed by atoms with van der Waals surface area (Å²) in [7, 11) is 0. The second-order valence-electron chi connectivity index (χ2n) is 5.72. The minimum absolute atomic E-state index is 0.357. The van der Waals surface area contributed by atoms with E-state index in [0.29, 0.717) is 12.1 Å². The van der Waals surface area contributed by atoms with Crippen LogP contribution >= 0.6 is 11.6 Å². The third-order valence-electron chi connectivity index (χ3n) is 4.24. The molecule has 1 N–H and O–H groups in total. The number of hydrogen-bond acceptors (Lipinski definition) is 1. The molecule has 1 atom stereocenters. The molecule has 0 aliphatic heterocycles. The van der Waals surface area contributed by atoms with E-state index in [0.717, 1.165) is 10.9 Å². The van der Waals surface area contributed by atoms with Crippen LogP contribution in [0.15, 0.2) is 54.6 Å². The zero-order chi connectivity index (χ0) is 13.9. The first-order valence-corrected chi connectivity index (χ1v) is 7.66. The lowest BCUT2D eigenvalue weighted by molar-refractivity contribution is 0.271. The van der Waals surface area contributed by atoms with Crippen LogP contribution in [0.5, 0.6) is 0 Å². The number of rotatable bonds is 4. The third-order valence-corrected chi connectivity index (χ3v) is 4.48. The molecule has 0 bridgehead atoms. The molecular weight excluding hydrogens is 266 g/mol. The van der Waals surface area contributed by atoms with Gasteiger partial charge in [0.15, 0.2) is 0 Å². The van der Waals surface area contributed by atoms with Crippen LogP contribution in [0, 0.1) is 0 Å². The number of benzene rings is 2. The highest BCUT2D eigenvalue weighted by Crippen LogP contribution is 2.37. The largest absolute Gasteiger partial charge is 0.307 e. The van der Waals surface area contributed by atoms with Crippen LogP contribution in [-0.2, 0) is 0 Å². The quantitative estimate of drug-likeness (QED) is 0.839. The molecule has 1 aliphatic rings. The third kappa shape index (κ3) is 3.05. The summed E-state index contributed by atoms with van der Waals surface area (Å²) in [4.78, 5) is 0. The lowest BCUT2D eigenvalue weighted by atomic mass is 9.75. The lowest BCUT2D eigenvalue weighted by Gasteiger charge is -2.38. The van der Waals surface area contributed by atoms with E-state index in [4.69, 9.17) is 11.6 Å². The first kappa shape index (κ1) is 13.7. The molecule has 20 heavy (non-hydrogen) atoms. The molecule has 104 valence electrons. The van der Waals surface area contributed by atoms with Crippen molar-refractivity contribution in [1.29, 1.82) is 0 Å². The minimum Gasteiger partial charge on any atom is -0.307 e. The van der Waals surface area contributed by atoms with E-state index in [9.17, 15) is 0 Å². The van der Waals surface area contributed by atoms with Crippen LogP contribution in [0.2, 0.25) is 5.02 Å². The van der Waals surface area contributed by atoms with E-state index in [-0.39, 0.29) is 0 Å². The van der Waals surface area contributed by atoms with Crippen LogP contribution < -0.4 is 5.32 Å². The van der Waals surface area contributed by atoms with Gasteiger partial charge in [0.05, 0.1) is 0 Å². The van der Waals surface area contributed by atoms with Crippen molar-refractivity contribution in [3.63, 3.8) is 0 Å². The monoisotopic (exact) mass is 285 g/mol. The molecule has 2 aromatic carbocycles. The molecule has 1 saturated carbocycles. The molecule has 1 fully saturated rings. The average molecular weight is 286 g/mol. The summed E-state index contributed by atoms with van der Waals surface area (Å²) in [6, 6.07) is 19.9. The van der Waals surface area contributed by atoms with Crippen molar-refractivity contribution >= 4 is 11.6 Å². The highest BCUT2D eigenvalue weighted by Gasteiger charge is 2.30. The van der Waals surface area contributed by atoms with Gasteiger partial charge in [-0.05, 0) is 48.9 Å². The van der Waals surface area contributed by atoms with E-state index in [1.807, 2.05) is 18.2 Å². The molecule has 1 nitrogen and oxygen atoms in total. The molecule has 0 radical (unpaired) electrons. The standard InChI is InChI=1S/C18H20ClN/c1-13(15-8-5-9-17(19)10-15)20-18-11-16(12-18)14-6-3-2-4-7-14/h2-10,13,16,18,20H,11-12H2,1H3/t13-,16?,18?/m1/s1. The Morgan fingerprint density at radius 3 is 2.50 bits per heavy atom. The van der Waals surface area contributed by atoms with Gasteiger partial charge in [0, 0.05) is 17.1 Å². The normalized spacial score (nSPS) is 23.1. The fourth-order valence-corrected chi connectivity index (χ4v) is 3.18. The Balaban J connectivity index is 1.54. The van der Waals surface area contributed by atoms with E-state index in [1.165, 1.54) is 24.0 Å². The Labute approximate surface area is 126 Å². The minimum atomic E-state index is 0.357. The number of nitrogens with one attached hydrogen (secondary N) is 1. The molecule has 0 aromatic heterocycles. The van der Waals surface area contributed by atoms with Gasteiger partial charge in [-0.15, -0.1) is 0 Å². The Hall–Kier alpha value is -1.31. The Bertz CT molecular complexity index is 561. The SMILES string of the molecule is C[C@@H](NC1CC(c2ccccc2)C1)c1cccc(Cl)c1. The topological polar surface area (TPSA) is 12.0 Å². The molecule has 2 aromatic rings. The van der Waals surface area contributed by atoms with Crippen LogP contribution in [0.1, 0.15) is 42.9 Å². The maximum Gasteiger partial charge on any atom is 0.0409 e. The van der Waals surface area contributed by atoms with Gasteiger partial charge in [-0.1, -0.05) is 54.1 Å². The molecule has 1 aliphatic carbocycles. The van der Waals surface area contributed by atoms with Crippen molar-refractivity contribution in [1.82, 2.24) is 5.32 Å². The summed E-state index contributed by atoms with van der Waals surface area (Å²) < 4.78 is 0. The van der Waals surface area contributed by atoms with Gasteiger partial charge in [-0.3, -0.25) is 0 Å². The smallest absolute Gasteiger partial charge is 0.0409 e. The Morgan fingerprint density at radius 2 is 1.80 bits per heavy atom. The number of hydrogen-bond donors (Lipinski definition) is 1. The van der Waals surface area contributed by atoms with Gasteiger partial charge in [0.1, 0.15) is 0 Å². The van der Waals surface area contributed by atoms with E-state index in [1.54, 1.807) is 0 Å². The van der Waals surface area contributed by atoms with E-state index >= 15 is 0 Å². The second-order valence-corrected chi connectivity index (χ2v) is 6.16. The van der Waals surface area contributed by atoms with Crippen molar-refractivity contribution in [2.45, 2.75) is 37.8 Å². The van der Waals surface area contributed by atoms with Gasteiger partial charge >= 0.3 is 0 Å². The van der Waals surface area contributed by atoms with Gasteiger partial charge in [-0.25, -0.2) is 0 Å². The van der Waals surface area contributed by atoms with Gasteiger partial charge < -0.3 is 5.32 Å². The fourth-order valence-electron chi connectivity index (χ4n) is 2.98. The van der Waals surface area contributed by atoms with Crippen molar-refractivity contribution < 1.29 is 0 Å². The zero-order valence-electron chi connectivity index (χ0n) is 11.7. The van der Waals surface area contributed by atoms with Crippen LogP contribution in [0.4, 0.5) is 0 Å². The van der Waals surface area contributed by atoms with Crippen molar-refractivity contribution in [2.75, 3.05) is 0 Å². The highest BCUT2D eigenvalue weighted by atomic mass is 35.5. The highest BCUT2D eigenvalue weighted by molar-refractivity contribution is 6.30. The summed E-state index contributed by atoms with van der Waals surface area (Å²) >= 11 is 6.05. The summed E-state index contributed by atoms with van der Waals surface area (Å²) in [6.45, 7) is 2.21. The summed E-state index contributed by atoms with van der Waals surface area (Å²) in [6.07, 6.45) is 2.46. The van der Waals surface area contributed by atoms with Crippen LogP contribution in [0.3, 0.4) is 0 Å². The summed E-state index contributed by atoms with van der Waals surface area (Å²) in [5.74, 6) is 0.722. The maximum absolute atomic E-state index is 6.05. The maximum atomic E-state index is 6.05. The predicted octanol–water partition coefficient (Wildman–Crippen LogP) is 4.94. The van der Waals surface area contributed by atoms with Gasteiger partial charge in [0.25, 0.3) is 0 Å². The molecule has 0 amide bonds. The lowest BCUT2D eigenvalue weighted by Crippen LogP contribution is -2.41.